The summed E-state index contributed by atoms with van der Waals surface area (Å²) in [6.07, 6.45) is 0. The zero-order valence-corrected chi connectivity index (χ0v) is 11.8. The minimum atomic E-state index is 0.0225. The van der Waals surface area contributed by atoms with Crippen LogP contribution in [0.25, 0.3) is 0 Å². The number of ether oxygens (including phenoxy) is 1. The fourth-order valence-electron chi connectivity index (χ4n) is 1.93. The molecule has 0 saturated carbocycles. The summed E-state index contributed by atoms with van der Waals surface area (Å²) in [6, 6.07) is 12.8. The molecule has 2 aromatic rings. The Bertz CT molecular complexity index is 636. The molecule has 5 heteroatoms. The van der Waals surface area contributed by atoms with E-state index in [2.05, 4.69) is 5.16 Å². The molecule has 0 radical (unpaired) electrons. The number of hydrogen-bond acceptors (Lipinski definition) is 4. The number of amidine groups is 1. The van der Waals surface area contributed by atoms with Crippen LogP contribution >= 0.6 is 0 Å². The fourth-order valence-corrected chi connectivity index (χ4v) is 1.93. The lowest BCUT2D eigenvalue weighted by molar-refractivity contribution is 0.280. The van der Waals surface area contributed by atoms with Gasteiger partial charge in [0.2, 0.25) is 0 Å². The zero-order chi connectivity index (χ0) is 15.2. The number of aliphatic hydroxyl groups is 1. The van der Waals surface area contributed by atoms with Crippen molar-refractivity contribution in [3.63, 3.8) is 0 Å². The summed E-state index contributed by atoms with van der Waals surface area (Å²) in [5, 5.41) is 20.6. The van der Waals surface area contributed by atoms with Gasteiger partial charge in [-0.25, -0.2) is 0 Å². The normalized spacial score (nSPS) is 11.4. The molecule has 0 amide bonds. The van der Waals surface area contributed by atoms with Crippen molar-refractivity contribution in [2.45, 2.75) is 20.1 Å². The molecule has 0 heterocycles. The molecule has 21 heavy (non-hydrogen) atoms. The molecule has 110 valence electrons. The molecule has 2 rings (SSSR count). The van der Waals surface area contributed by atoms with E-state index in [0.29, 0.717) is 12.2 Å². The topological polar surface area (TPSA) is 88.1 Å². The summed E-state index contributed by atoms with van der Waals surface area (Å²) in [5.41, 5.74) is 9.10. The van der Waals surface area contributed by atoms with Crippen LogP contribution in [0.3, 0.4) is 0 Å². The van der Waals surface area contributed by atoms with Gasteiger partial charge >= 0.3 is 0 Å². The second-order valence-electron chi connectivity index (χ2n) is 4.72. The lowest BCUT2D eigenvalue weighted by Gasteiger charge is -2.10. The largest absolute Gasteiger partial charge is 0.489 e. The Morgan fingerprint density at radius 1 is 1.19 bits per heavy atom. The molecule has 0 aromatic heterocycles. The highest BCUT2D eigenvalue weighted by atomic mass is 16.5. The molecule has 0 aliphatic carbocycles. The van der Waals surface area contributed by atoms with Crippen LogP contribution in [0.1, 0.15) is 22.3 Å². The van der Waals surface area contributed by atoms with Crippen molar-refractivity contribution >= 4 is 5.84 Å². The highest BCUT2D eigenvalue weighted by molar-refractivity contribution is 5.97. The molecule has 0 fully saturated rings. The lowest BCUT2D eigenvalue weighted by Crippen LogP contribution is -2.13. The van der Waals surface area contributed by atoms with Gasteiger partial charge in [-0.3, -0.25) is 0 Å². The predicted molar refractivity (Wildman–Crippen MR) is 80.4 cm³/mol. The smallest absolute Gasteiger partial charge is 0.170 e. The third kappa shape index (κ3) is 3.73. The first-order valence-electron chi connectivity index (χ1n) is 6.54. The Labute approximate surface area is 123 Å². The van der Waals surface area contributed by atoms with Gasteiger partial charge in [0.1, 0.15) is 12.4 Å². The average Bonchev–Trinajstić information content (AvgIpc) is 2.53. The van der Waals surface area contributed by atoms with Crippen LogP contribution in [0, 0.1) is 6.92 Å². The molecule has 0 spiro atoms. The zero-order valence-electron chi connectivity index (χ0n) is 11.8. The Morgan fingerprint density at radius 2 is 1.90 bits per heavy atom. The summed E-state index contributed by atoms with van der Waals surface area (Å²) in [7, 11) is 0. The van der Waals surface area contributed by atoms with Gasteiger partial charge < -0.3 is 20.8 Å². The Hall–Kier alpha value is -2.53. The quantitative estimate of drug-likeness (QED) is 0.340. The average molecular weight is 286 g/mol. The molecule has 0 aliphatic rings. The summed E-state index contributed by atoms with van der Waals surface area (Å²) >= 11 is 0. The van der Waals surface area contributed by atoms with Crippen molar-refractivity contribution in [3.05, 3.63) is 64.7 Å². The number of aryl methyl sites for hydroxylation is 1. The number of nitrogens with two attached hydrogens (primary N) is 1. The molecular formula is C16H18N2O3. The van der Waals surface area contributed by atoms with E-state index in [-0.39, 0.29) is 12.4 Å². The SMILES string of the molecule is Cc1cc(/C(N)=N/O)ccc1COc1ccc(CO)cc1. The number of hydrogen-bond donors (Lipinski definition) is 3. The first-order chi connectivity index (χ1) is 10.1. The lowest BCUT2D eigenvalue weighted by atomic mass is 10.1. The molecular weight excluding hydrogens is 268 g/mol. The van der Waals surface area contributed by atoms with Crippen molar-refractivity contribution in [1.29, 1.82) is 0 Å². The van der Waals surface area contributed by atoms with Crippen LogP contribution in [0.5, 0.6) is 5.75 Å². The third-order valence-corrected chi connectivity index (χ3v) is 3.25. The van der Waals surface area contributed by atoms with Gasteiger partial charge in [0.05, 0.1) is 6.61 Å². The van der Waals surface area contributed by atoms with Crippen molar-refractivity contribution in [2.75, 3.05) is 0 Å². The second-order valence-corrected chi connectivity index (χ2v) is 4.72. The molecule has 0 atom stereocenters. The Morgan fingerprint density at radius 3 is 2.48 bits per heavy atom. The van der Waals surface area contributed by atoms with Crippen molar-refractivity contribution < 1.29 is 15.1 Å². The standard InChI is InChI=1S/C16H18N2O3/c1-11-8-13(16(17)18-20)4-5-14(11)10-21-15-6-2-12(9-19)3-7-15/h2-8,19-20H,9-10H2,1H3,(H2,17,18). The molecule has 0 unspecified atom stereocenters. The van der Waals surface area contributed by atoms with E-state index in [1.54, 1.807) is 6.07 Å². The number of nitrogens with zero attached hydrogens (tertiary/aromatic N) is 1. The molecule has 0 bridgehead atoms. The van der Waals surface area contributed by atoms with Gasteiger partial charge in [-0.2, -0.15) is 0 Å². The van der Waals surface area contributed by atoms with Crippen LogP contribution < -0.4 is 10.5 Å². The van der Waals surface area contributed by atoms with E-state index in [0.717, 1.165) is 22.4 Å². The van der Waals surface area contributed by atoms with Crippen LogP contribution in [0.15, 0.2) is 47.6 Å². The van der Waals surface area contributed by atoms with Gasteiger partial charge in [0.15, 0.2) is 5.84 Å². The van der Waals surface area contributed by atoms with E-state index in [1.165, 1.54) is 0 Å². The van der Waals surface area contributed by atoms with Crippen LogP contribution in [-0.2, 0) is 13.2 Å². The van der Waals surface area contributed by atoms with Crippen molar-refractivity contribution in [2.24, 2.45) is 10.9 Å². The van der Waals surface area contributed by atoms with Gasteiger partial charge in [-0.15, -0.1) is 0 Å². The summed E-state index contributed by atoms with van der Waals surface area (Å²) in [6.45, 7) is 2.40. The van der Waals surface area contributed by atoms with Gasteiger partial charge in [-0.05, 0) is 41.8 Å². The minimum Gasteiger partial charge on any atom is -0.489 e. The maximum absolute atomic E-state index is 8.99. The molecule has 2 aromatic carbocycles. The first kappa shape index (κ1) is 14.9. The van der Waals surface area contributed by atoms with E-state index >= 15 is 0 Å². The van der Waals surface area contributed by atoms with Crippen LogP contribution in [-0.4, -0.2) is 16.1 Å². The highest BCUT2D eigenvalue weighted by Crippen LogP contribution is 2.17. The van der Waals surface area contributed by atoms with Gasteiger partial charge in [-0.1, -0.05) is 29.4 Å². The maximum Gasteiger partial charge on any atom is 0.170 e. The molecule has 0 aliphatic heterocycles. The fraction of sp³-hybridized carbons (Fsp3) is 0.188. The van der Waals surface area contributed by atoms with Gasteiger partial charge in [0.25, 0.3) is 0 Å². The molecule has 0 saturated heterocycles. The van der Waals surface area contributed by atoms with Crippen LogP contribution in [0.2, 0.25) is 0 Å². The molecule has 5 nitrogen and oxygen atoms in total. The Balaban J connectivity index is 2.05. The molecule has 4 N–H and O–H groups in total. The number of oxime groups is 1. The minimum absolute atomic E-state index is 0.0225. The maximum atomic E-state index is 8.99. The summed E-state index contributed by atoms with van der Waals surface area (Å²) in [5.74, 6) is 0.831. The number of aliphatic hydroxyl groups excluding tert-OH is 1. The van der Waals surface area contributed by atoms with Crippen molar-refractivity contribution in [1.82, 2.24) is 0 Å². The monoisotopic (exact) mass is 286 g/mol. The number of rotatable bonds is 5. The highest BCUT2D eigenvalue weighted by Gasteiger charge is 2.04. The van der Waals surface area contributed by atoms with Crippen molar-refractivity contribution in [3.8, 4) is 5.75 Å². The number of benzene rings is 2. The van der Waals surface area contributed by atoms with E-state index in [4.69, 9.17) is 20.8 Å². The predicted octanol–water partition coefficient (Wildman–Crippen LogP) is 2.16. The second kappa shape index (κ2) is 6.76. The summed E-state index contributed by atoms with van der Waals surface area (Å²) < 4.78 is 5.71. The Kier molecular flexibility index (Phi) is 4.79. The first-order valence-corrected chi connectivity index (χ1v) is 6.54. The van der Waals surface area contributed by atoms with E-state index < -0.39 is 0 Å². The van der Waals surface area contributed by atoms with E-state index in [1.807, 2.05) is 43.3 Å². The van der Waals surface area contributed by atoms with Crippen LogP contribution in [0.4, 0.5) is 0 Å². The third-order valence-electron chi connectivity index (χ3n) is 3.25. The van der Waals surface area contributed by atoms with Gasteiger partial charge in [0, 0.05) is 5.56 Å². The summed E-state index contributed by atoms with van der Waals surface area (Å²) in [4.78, 5) is 0. The van der Waals surface area contributed by atoms with E-state index in [9.17, 15) is 0 Å².